The predicted octanol–water partition coefficient (Wildman–Crippen LogP) is 2.34. The Labute approximate surface area is 106 Å². The van der Waals surface area contributed by atoms with Crippen molar-refractivity contribution in [3.8, 4) is 0 Å². The van der Waals surface area contributed by atoms with Gasteiger partial charge in [-0.05, 0) is 31.5 Å². The summed E-state index contributed by atoms with van der Waals surface area (Å²) < 4.78 is 2.03. The normalized spacial score (nSPS) is 11.1. The molecule has 2 rings (SSSR count). The van der Waals surface area contributed by atoms with Crippen LogP contribution in [0.2, 0.25) is 0 Å². The number of nitrogens with two attached hydrogens (primary N) is 1. The van der Waals surface area contributed by atoms with Gasteiger partial charge in [-0.2, -0.15) is 0 Å². The third-order valence-electron chi connectivity index (χ3n) is 2.61. The first-order chi connectivity index (χ1) is 8.42. The molecule has 0 fully saturated rings. The number of nitrogens with zero attached hydrogens (tertiary/aromatic N) is 3. The summed E-state index contributed by atoms with van der Waals surface area (Å²) in [5.41, 5.74) is 6.37. The zero-order valence-electron chi connectivity index (χ0n) is 9.88. The fourth-order valence-electron chi connectivity index (χ4n) is 1.68. The molecule has 2 aromatic heterocycles. The molecule has 2 N–H and O–H groups in total. The Bertz CT molecular complexity index is 454. The average Bonchev–Trinajstić information content (AvgIpc) is 2.77. The van der Waals surface area contributed by atoms with Crippen LogP contribution in [0.25, 0.3) is 5.65 Å². The van der Waals surface area contributed by atoms with Crippen LogP contribution in [0.1, 0.15) is 25.7 Å². The van der Waals surface area contributed by atoms with Crippen molar-refractivity contribution in [2.75, 3.05) is 12.3 Å². The molecule has 0 radical (unpaired) electrons. The largest absolute Gasteiger partial charge is 0.330 e. The maximum absolute atomic E-state index is 5.46. The highest BCUT2D eigenvalue weighted by Crippen LogP contribution is 2.18. The smallest absolute Gasteiger partial charge is 0.195 e. The molecule has 0 unspecified atom stereocenters. The first-order valence-electron chi connectivity index (χ1n) is 6.04. The zero-order chi connectivity index (χ0) is 11.9. The van der Waals surface area contributed by atoms with E-state index < -0.39 is 0 Å². The van der Waals surface area contributed by atoms with Gasteiger partial charge in [0.05, 0.1) is 0 Å². The second kappa shape index (κ2) is 6.61. The monoisotopic (exact) mass is 250 g/mol. The summed E-state index contributed by atoms with van der Waals surface area (Å²) in [5.74, 6) is 1.10. The Hall–Kier alpha value is -1.07. The van der Waals surface area contributed by atoms with Crippen LogP contribution < -0.4 is 5.73 Å². The topological polar surface area (TPSA) is 56.2 Å². The number of hydrogen-bond donors (Lipinski definition) is 1. The summed E-state index contributed by atoms with van der Waals surface area (Å²) in [6.45, 7) is 0.807. The quantitative estimate of drug-likeness (QED) is 0.605. The van der Waals surface area contributed by atoms with Crippen LogP contribution in [0.5, 0.6) is 0 Å². The minimum Gasteiger partial charge on any atom is -0.330 e. The van der Waals surface area contributed by atoms with Crippen LogP contribution in [0.4, 0.5) is 0 Å². The van der Waals surface area contributed by atoms with Crippen LogP contribution in [0.3, 0.4) is 0 Å². The van der Waals surface area contributed by atoms with Crippen LogP contribution >= 0.6 is 11.8 Å². The molecule has 0 aliphatic heterocycles. The Balaban J connectivity index is 1.79. The molecule has 17 heavy (non-hydrogen) atoms. The molecule has 2 aromatic rings. The number of thioether (sulfide) groups is 1. The molecular weight excluding hydrogens is 232 g/mol. The van der Waals surface area contributed by atoms with E-state index in [0.29, 0.717) is 0 Å². The van der Waals surface area contributed by atoms with E-state index in [-0.39, 0.29) is 0 Å². The van der Waals surface area contributed by atoms with Crippen molar-refractivity contribution in [1.29, 1.82) is 0 Å². The molecule has 0 aliphatic rings. The van der Waals surface area contributed by atoms with Gasteiger partial charge in [-0.25, -0.2) is 0 Å². The Morgan fingerprint density at radius 3 is 2.88 bits per heavy atom. The van der Waals surface area contributed by atoms with Crippen LogP contribution in [-0.4, -0.2) is 26.9 Å². The van der Waals surface area contributed by atoms with E-state index in [9.17, 15) is 0 Å². The lowest BCUT2D eigenvalue weighted by Gasteiger charge is -2.00. The van der Waals surface area contributed by atoms with Crippen molar-refractivity contribution in [3.05, 3.63) is 24.4 Å². The van der Waals surface area contributed by atoms with Gasteiger partial charge < -0.3 is 5.73 Å². The summed E-state index contributed by atoms with van der Waals surface area (Å²) in [7, 11) is 0. The van der Waals surface area contributed by atoms with E-state index in [1.54, 1.807) is 11.8 Å². The van der Waals surface area contributed by atoms with Gasteiger partial charge in [-0.3, -0.25) is 4.40 Å². The van der Waals surface area contributed by atoms with E-state index in [2.05, 4.69) is 10.2 Å². The van der Waals surface area contributed by atoms with Crippen molar-refractivity contribution < 1.29 is 0 Å². The summed E-state index contributed by atoms with van der Waals surface area (Å²) in [6, 6.07) is 5.95. The van der Waals surface area contributed by atoms with E-state index in [1.165, 1.54) is 19.3 Å². The molecule has 2 heterocycles. The van der Waals surface area contributed by atoms with Gasteiger partial charge in [-0.1, -0.05) is 30.7 Å². The lowest BCUT2D eigenvalue weighted by molar-refractivity contribution is 0.677. The third-order valence-corrected chi connectivity index (χ3v) is 3.64. The summed E-state index contributed by atoms with van der Waals surface area (Å²) in [6.07, 6.45) is 6.84. The summed E-state index contributed by atoms with van der Waals surface area (Å²) in [4.78, 5) is 0. The van der Waals surface area contributed by atoms with Crippen molar-refractivity contribution in [3.63, 3.8) is 0 Å². The second-order valence-corrected chi connectivity index (χ2v) is 5.02. The van der Waals surface area contributed by atoms with E-state index in [4.69, 9.17) is 5.73 Å². The predicted molar refractivity (Wildman–Crippen MR) is 71.2 cm³/mol. The van der Waals surface area contributed by atoms with E-state index in [0.717, 1.165) is 29.5 Å². The molecule has 0 aromatic carbocycles. The number of fused-ring (bicyclic) bond motifs is 1. The first kappa shape index (κ1) is 12.4. The molecule has 4 nitrogen and oxygen atoms in total. The van der Waals surface area contributed by atoms with Crippen molar-refractivity contribution >= 4 is 17.4 Å². The highest BCUT2D eigenvalue weighted by Gasteiger charge is 2.03. The molecule has 92 valence electrons. The number of unbranched alkanes of at least 4 members (excludes halogenated alkanes) is 3. The zero-order valence-corrected chi connectivity index (χ0v) is 10.7. The van der Waals surface area contributed by atoms with Crippen LogP contribution in [0, 0.1) is 0 Å². The minimum absolute atomic E-state index is 0.807. The molecule has 0 spiro atoms. The maximum atomic E-state index is 5.46. The number of hydrogen-bond acceptors (Lipinski definition) is 4. The highest BCUT2D eigenvalue weighted by molar-refractivity contribution is 7.99. The molecule has 0 amide bonds. The molecule has 5 heteroatoms. The number of pyridine rings is 1. The van der Waals surface area contributed by atoms with Crippen molar-refractivity contribution in [1.82, 2.24) is 14.6 Å². The molecule has 0 bridgehead atoms. The first-order valence-corrected chi connectivity index (χ1v) is 7.03. The van der Waals surface area contributed by atoms with Gasteiger partial charge in [0, 0.05) is 11.9 Å². The van der Waals surface area contributed by atoms with Crippen LogP contribution in [0.15, 0.2) is 29.6 Å². The minimum atomic E-state index is 0.807. The average molecular weight is 250 g/mol. The molecule has 0 atom stereocenters. The van der Waals surface area contributed by atoms with E-state index >= 15 is 0 Å². The van der Waals surface area contributed by atoms with Crippen molar-refractivity contribution in [2.24, 2.45) is 5.73 Å². The second-order valence-electron chi connectivity index (χ2n) is 3.96. The van der Waals surface area contributed by atoms with E-state index in [1.807, 2.05) is 28.8 Å². The van der Waals surface area contributed by atoms with Gasteiger partial charge in [0.15, 0.2) is 10.8 Å². The van der Waals surface area contributed by atoms with Gasteiger partial charge >= 0.3 is 0 Å². The Morgan fingerprint density at radius 1 is 1.12 bits per heavy atom. The lowest BCUT2D eigenvalue weighted by atomic mass is 10.2. The van der Waals surface area contributed by atoms with Gasteiger partial charge in [0.1, 0.15) is 0 Å². The SMILES string of the molecule is NCCCCCCSc1nnc2ccccn12. The van der Waals surface area contributed by atoms with Gasteiger partial charge in [0.25, 0.3) is 0 Å². The fraction of sp³-hybridized carbons (Fsp3) is 0.500. The molecular formula is C12H18N4S. The Morgan fingerprint density at radius 2 is 2.00 bits per heavy atom. The molecule has 0 saturated heterocycles. The lowest BCUT2D eigenvalue weighted by Crippen LogP contribution is -1.97. The van der Waals surface area contributed by atoms with Gasteiger partial charge in [0.2, 0.25) is 0 Å². The highest BCUT2D eigenvalue weighted by atomic mass is 32.2. The summed E-state index contributed by atoms with van der Waals surface area (Å²) in [5, 5.41) is 9.29. The Kier molecular flexibility index (Phi) is 4.82. The standard InChI is InChI=1S/C12H18N4S/c13-8-4-1-2-6-10-17-12-15-14-11-7-3-5-9-16(11)12/h3,5,7,9H,1-2,4,6,8,10,13H2. The number of aromatic nitrogens is 3. The molecule has 0 saturated carbocycles. The number of rotatable bonds is 7. The van der Waals surface area contributed by atoms with Crippen LogP contribution in [-0.2, 0) is 0 Å². The molecule has 0 aliphatic carbocycles. The fourth-order valence-corrected chi connectivity index (χ4v) is 2.60. The third kappa shape index (κ3) is 3.44. The maximum Gasteiger partial charge on any atom is 0.195 e. The summed E-state index contributed by atoms with van der Waals surface area (Å²) >= 11 is 1.77. The van der Waals surface area contributed by atoms with Crippen molar-refractivity contribution in [2.45, 2.75) is 30.8 Å². The van der Waals surface area contributed by atoms with Gasteiger partial charge in [-0.15, -0.1) is 10.2 Å².